The minimum absolute atomic E-state index is 0.109. The van der Waals surface area contributed by atoms with Crippen LogP contribution >= 0.6 is 0 Å². The summed E-state index contributed by atoms with van der Waals surface area (Å²) in [4.78, 5) is 4.95. The quantitative estimate of drug-likeness (QED) is 0.165. The smallest absolute Gasteiger partial charge is 0.0789 e. The van der Waals surface area contributed by atoms with E-state index in [-0.39, 0.29) is 10.8 Å². The fourth-order valence-electron chi connectivity index (χ4n) is 12.6. The van der Waals surface area contributed by atoms with E-state index in [4.69, 9.17) is 0 Å². The lowest BCUT2D eigenvalue weighted by molar-refractivity contribution is 0.591. The van der Waals surface area contributed by atoms with E-state index in [1.165, 1.54) is 109 Å². The summed E-state index contributed by atoms with van der Waals surface area (Å²) in [5.74, 6) is 0. The highest BCUT2D eigenvalue weighted by molar-refractivity contribution is 6.36. The highest BCUT2D eigenvalue weighted by Crippen LogP contribution is 2.53. The average molecular weight is 951 g/mol. The molecule has 15 rings (SSSR count). The molecular weight excluding hydrogens is 897 g/mol. The van der Waals surface area contributed by atoms with E-state index in [9.17, 15) is 0 Å². The Hall–Kier alpha value is -8.86. The predicted octanol–water partition coefficient (Wildman–Crippen LogP) is 19.8. The van der Waals surface area contributed by atoms with Crippen LogP contribution in [-0.4, -0.2) is 8.80 Å². The number of anilines is 6. The number of nitrogens with zero attached hydrogens (tertiary/aromatic N) is 4. The van der Waals surface area contributed by atoms with Crippen molar-refractivity contribution >= 4 is 132 Å². The summed E-state index contributed by atoms with van der Waals surface area (Å²) < 4.78 is 5.29. The summed E-state index contributed by atoms with van der Waals surface area (Å²) >= 11 is 0. The second-order valence-electron chi connectivity index (χ2n) is 22.6. The standard InChI is InChI=1S/C70H54N4/c1-69(2,3)45-37-55-53-41-60-57(42-59(53)73-65(55)58(39-45)64-52-34-22-20-24-44(52)36-61(68(64)73)71(47-25-11-7-12-26-47)48-27-13-8-14-28-48)63-51-33-21-19-23-43(51)35-54-56-38-46(70(4,5)6)40-62(66(56)74(60)67(54)63)72(49-29-15-9-16-30-49)50-31-17-10-18-32-50/h7-42H,1-6H3. The molecule has 0 spiro atoms. The monoisotopic (exact) mass is 950 g/mol. The summed E-state index contributed by atoms with van der Waals surface area (Å²) in [6.07, 6.45) is 0. The zero-order chi connectivity index (χ0) is 49.8. The van der Waals surface area contributed by atoms with Gasteiger partial charge in [0.1, 0.15) is 0 Å². The van der Waals surface area contributed by atoms with Gasteiger partial charge in [-0.25, -0.2) is 0 Å². The van der Waals surface area contributed by atoms with Crippen LogP contribution in [0.25, 0.3) is 97.7 Å². The minimum atomic E-state index is -0.112. The van der Waals surface area contributed by atoms with Crippen LogP contribution in [0.15, 0.2) is 218 Å². The molecule has 74 heavy (non-hydrogen) atoms. The molecular formula is C70H54N4. The van der Waals surface area contributed by atoms with Crippen molar-refractivity contribution in [1.29, 1.82) is 0 Å². The third kappa shape index (κ3) is 6.03. The van der Waals surface area contributed by atoms with E-state index >= 15 is 0 Å². The summed E-state index contributed by atoms with van der Waals surface area (Å²) in [6.45, 7) is 14.1. The number of benzene rings is 11. The molecule has 0 unspecified atom stereocenters. The molecule has 0 saturated heterocycles. The molecule has 4 aromatic heterocycles. The van der Waals surface area contributed by atoms with E-state index in [0.29, 0.717) is 0 Å². The molecule has 0 bridgehead atoms. The first-order chi connectivity index (χ1) is 36.0. The molecule has 11 aromatic carbocycles. The molecule has 0 aliphatic carbocycles. The number of rotatable bonds is 6. The van der Waals surface area contributed by atoms with E-state index in [1.807, 2.05) is 0 Å². The molecule has 0 amide bonds. The lowest BCUT2D eigenvalue weighted by atomic mass is 9.85. The Morgan fingerprint density at radius 2 is 0.662 bits per heavy atom. The van der Waals surface area contributed by atoms with Crippen LogP contribution in [0.4, 0.5) is 34.1 Å². The van der Waals surface area contributed by atoms with E-state index in [2.05, 4.69) is 279 Å². The number of aromatic nitrogens is 2. The molecule has 0 aliphatic heterocycles. The van der Waals surface area contributed by atoms with Gasteiger partial charge in [0.15, 0.2) is 0 Å². The van der Waals surface area contributed by atoms with Gasteiger partial charge >= 0.3 is 0 Å². The van der Waals surface area contributed by atoms with E-state index < -0.39 is 0 Å². The van der Waals surface area contributed by atoms with Crippen LogP contribution in [0.3, 0.4) is 0 Å². The SMILES string of the molecule is CC(C)(C)c1cc(N(c2ccccc2)c2ccccc2)c2c(c1)c1cc3ccccc3c3c4cc5c(cc4n2c13)c1cc(C(C)(C)C)cc2c3c4ccccc4cc(N(c4ccccc4)c4ccccc4)c3n5c12. The van der Waals surface area contributed by atoms with Gasteiger partial charge in [-0.15, -0.1) is 0 Å². The minimum Gasteiger partial charge on any atom is -0.308 e. The van der Waals surface area contributed by atoms with Gasteiger partial charge in [0, 0.05) is 65.8 Å². The van der Waals surface area contributed by atoms with Crippen molar-refractivity contribution in [2.24, 2.45) is 0 Å². The summed E-state index contributed by atoms with van der Waals surface area (Å²) in [7, 11) is 0. The van der Waals surface area contributed by atoms with Gasteiger partial charge in [0.25, 0.3) is 0 Å². The van der Waals surface area contributed by atoms with E-state index in [1.54, 1.807) is 0 Å². The third-order valence-electron chi connectivity index (χ3n) is 16.1. The maximum absolute atomic E-state index is 2.64. The third-order valence-corrected chi connectivity index (χ3v) is 16.1. The molecule has 354 valence electrons. The van der Waals surface area contributed by atoms with Crippen LogP contribution in [0, 0.1) is 0 Å². The van der Waals surface area contributed by atoms with E-state index in [0.717, 1.165) is 34.1 Å². The number of hydrogen-bond donors (Lipinski definition) is 0. The molecule has 0 fully saturated rings. The largest absolute Gasteiger partial charge is 0.308 e. The fraction of sp³-hybridized carbons (Fsp3) is 0.114. The van der Waals surface area contributed by atoms with Crippen molar-refractivity contribution in [2.75, 3.05) is 9.80 Å². The first-order valence-corrected chi connectivity index (χ1v) is 26.1. The molecule has 0 radical (unpaired) electrons. The Balaban J connectivity index is 1.18. The van der Waals surface area contributed by atoms with Crippen LogP contribution in [0.2, 0.25) is 0 Å². The molecule has 4 heterocycles. The lowest BCUT2D eigenvalue weighted by Crippen LogP contribution is -2.15. The van der Waals surface area contributed by atoms with Crippen molar-refractivity contribution < 1.29 is 0 Å². The van der Waals surface area contributed by atoms with Crippen molar-refractivity contribution in [3.63, 3.8) is 0 Å². The molecule has 15 aromatic rings. The molecule has 4 heteroatoms. The normalized spacial score (nSPS) is 12.7. The Morgan fingerprint density at radius 3 is 1.19 bits per heavy atom. The number of para-hydroxylation sites is 4. The predicted molar refractivity (Wildman–Crippen MR) is 318 cm³/mol. The first-order valence-electron chi connectivity index (χ1n) is 26.1. The Morgan fingerprint density at radius 1 is 0.284 bits per heavy atom. The van der Waals surface area contributed by atoms with Crippen molar-refractivity contribution in [3.05, 3.63) is 230 Å². The van der Waals surface area contributed by atoms with Gasteiger partial charge in [-0.1, -0.05) is 163 Å². The van der Waals surface area contributed by atoms with Crippen LogP contribution in [0.1, 0.15) is 52.7 Å². The molecule has 0 N–H and O–H groups in total. The second-order valence-corrected chi connectivity index (χ2v) is 22.6. The topological polar surface area (TPSA) is 15.3 Å². The highest BCUT2D eigenvalue weighted by Gasteiger charge is 2.31. The summed E-state index contributed by atoms with van der Waals surface area (Å²) in [5.41, 5.74) is 16.6. The van der Waals surface area contributed by atoms with Gasteiger partial charge in [0.2, 0.25) is 0 Å². The zero-order valence-corrected chi connectivity index (χ0v) is 42.6. The second kappa shape index (κ2) is 15.3. The number of fused-ring (bicyclic) bond motifs is 16. The van der Waals surface area contributed by atoms with Gasteiger partial charge in [-0.2, -0.15) is 0 Å². The molecule has 4 nitrogen and oxygen atoms in total. The van der Waals surface area contributed by atoms with Crippen LogP contribution < -0.4 is 9.80 Å². The van der Waals surface area contributed by atoms with Crippen molar-refractivity contribution in [3.8, 4) is 0 Å². The van der Waals surface area contributed by atoms with Crippen LogP contribution in [0.5, 0.6) is 0 Å². The molecule has 0 saturated carbocycles. The van der Waals surface area contributed by atoms with Gasteiger partial charge in [0.05, 0.1) is 44.5 Å². The highest BCUT2D eigenvalue weighted by atomic mass is 15.2. The Labute approximate surface area is 430 Å². The van der Waals surface area contributed by atoms with Crippen molar-refractivity contribution in [2.45, 2.75) is 52.4 Å². The zero-order valence-electron chi connectivity index (χ0n) is 42.6. The Kier molecular flexibility index (Phi) is 8.87. The van der Waals surface area contributed by atoms with Crippen molar-refractivity contribution in [1.82, 2.24) is 8.80 Å². The van der Waals surface area contributed by atoms with Crippen LogP contribution in [-0.2, 0) is 10.8 Å². The van der Waals surface area contributed by atoms with Gasteiger partial charge in [-0.05, 0) is 141 Å². The lowest BCUT2D eigenvalue weighted by Gasteiger charge is -2.29. The molecule has 0 aliphatic rings. The van der Waals surface area contributed by atoms with Gasteiger partial charge in [-0.3, -0.25) is 0 Å². The summed E-state index contributed by atoms with van der Waals surface area (Å²) in [5, 5.41) is 15.2. The average Bonchev–Trinajstić information content (AvgIpc) is 4.26. The Bertz CT molecular complexity index is 4630. The summed E-state index contributed by atoms with van der Waals surface area (Å²) in [6, 6.07) is 81.7. The number of hydrogen-bond acceptors (Lipinski definition) is 2. The van der Waals surface area contributed by atoms with Gasteiger partial charge < -0.3 is 18.6 Å². The maximum atomic E-state index is 2.64. The first kappa shape index (κ1) is 42.8. The maximum Gasteiger partial charge on any atom is 0.0789 e. The molecule has 0 atom stereocenters. The fourth-order valence-corrected chi connectivity index (χ4v) is 12.6.